The maximum Gasteiger partial charge on any atom is 0.306 e. The van der Waals surface area contributed by atoms with Gasteiger partial charge in [-0.05, 0) is 32.1 Å². The number of unbranched alkanes of at least 4 members (excludes halogenated alkanes) is 1. The van der Waals surface area contributed by atoms with E-state index in [0.717, 1.165) is 0 Å². The number of aliphatic hydroxyl groups is 1. The Hall–Kier alpha value is -1.14. The largest absolute Gasteiger partial charge is 0.481 e. The van der Waals surface area contributed by atoms with E-state index in [1.807, 2.05) is 0 Å². The van der Waals surface area contributed by atoms with Crippen LogP contribution in [0.25, 0.3) is 0 Å². The molecule has 0 aromatic rings. The van der Waals surface area contributed by atoms with Crippen LogP contribution in [0.1, 0.15) is 38.5 Å². The Labute approximate surface area is 112 Å². The van der Waals surface area contributed by atoms with Gasteiger partial charge in [0, 0.05) is 13.0 Å². The van der Waals surface area contributed by atoms with E-state index in [0.29, 0.717) is 45.1 Å². The number of hydrogen-bond donors (Lipinski definition) is 2. The molecule has 1 heterocycles. The van der Waals surface area contributed by atoms with Crippen LogP contribution < -0.4 is 0 Å². The molecule has 1 saturated heterocycles. The number of ether oxygens (including phenoxy) is 2. The smallest absolute Gasteiger partial charge is 0.306 e. The Morgan fingerprint density at radius 2 is 2.05 bits per heavy atom. The highest BCUT2D eigenvalue weighted by Crippen LogP contribution is 2.23. The van der Waals surface area contributed by atoms with Crippen LogP contribution in [0.4, 0.5) is 0 Å². The lowest BCUT2D eigenvalue weighted by molar-refractivity contribution is -0.144. The molecule has 0 aromatic heterocycles. The lowest BCUT2D eigenvalue weighted by Crippen LogP contribution is -2.17. The first-order valence-corrected chi connectivity index (χ1v) is 6.74. The van der Waals surface area contributed by atoms with Gasteiger partial charge in [-0.2, -0.15) is 0 Å². The molecule has 0 bridgehead atoms. The number of carbonyl (C=O) groups excluding carboxylic acids is 1. The zero-order valence-corrected chi connectivity index (χ0v) is 11.0. The minimum absolute atomic E-state index is 0.0802. The van der Waals surface area contributed by atoms with Crippen molar-refractivity contribution in [2.75, 3.05) is 19.8 Å². The van der Waals surface area contributed by atoms with Gasteiger partial charge >= 0.3 is 11.9 Å². The molecule has 0 radical (unpaired) electrons. The lowest BCUT2D eigenvalue weighted by Gasteiger charge is -2.10. The highest BCUT2D eigenvalue weighted by molar-refractivity contribution is 5.70. The van der Waals surface area contributed by atoms with Gasteiger partial charge in [0.15, 0.2) is 0 Å². The Bertz CT molecular complexity index is 287. The van der Waals surface area contributed by atoms with Crippen LogP contribution in [0.2, 0.25) is 0 Å². The first-order chi connectivity index (χ1) is 9.13. The van der Waals surface area contributed by atoms with Crippen molar-refractivity contribution in [1.29, 1.82) is 0 Å². The SMILES string of the molecule is O=C(CCCCO)OCCCC(CC1CO1)C(=O)O. The standard InChI is InChI=1S/C13H22O6/c14-6-2-1-5-12(15)18-7-3-4-10(13(16)17)8-11-9-19-11/h10-11,14H,1-9H2,(H,16,17). The average molecular weight is 274 g/mol. The first-order valence-electron chi connectivity index (χ1n) is 6.74. The number of aliphatic hydroxyl groups excluding tert-OH is 1. The minimum atomic E-state index is -0.815. The summed E-state index contributed by atoms with van der Waals surface area (Å²) in [5, 5.41) is 17.6. The van der Waals surface area contributed by atoms with E-state index < -0.39 is 11.9 Å². The Morgan fingerprint density at radius 3 is 2.63 bits per heavy atom. The van der Waals surface area contributed by atoms with Crippen LogP contribution in [0.15, 0.2) is 0 Å². The molecule has 0 amide bonds. The summed E-state index contributed by atoms with van der Waals surface area (Å²) < 4.78 is 10.0. The Morgan fingerprint density at radius 1 is 1.32 bits per heavy atom. The number of epoxide rings is 1. The lowest BCUT2D eigenvalue weighted by atomic mass is 9.98. The molecule has 2 unspecified atom stereocenters. The zero-order valence-electron chi connectivity index (χ0n) is 11.0. The van der Waals surface area contributed by atoms with E-state index in [-0.39, 0.29) is 25.3 Å². The molecule has 1 fully saturated rings. The first kappa shape index (κ1) is 15.9. The highest BCUT2D eigenvalue weighted by Gasteiger charge is 2.29. The highest BCUT2D eigenvalue weighted by atomic mass is 16.6. The number of carbonyl (C=O) groups is 2. The van der Waals surface area contributed by atoms with E-state index in [2.05, 4.69) is 0 Å². The van der Waals surface area contributed by atoms with Crippen LogP contribution in [-0.2, 0) is 19.1 Å². The molecule has 2 N–H and O–H groups in total. The number of aliphatic carboxylic acids is 1. The molecule has 6 heteroatoms. The molecule has 1 aliphatic heterocycles. The fourth-order valence-electron chi connectivity index (χ4n) is 1.83. The van der Waals surface area contributed by atoms with Crippen LogP contribution in [0.3, 0.4) is 0 Å². The van der Waals surface area contributed by atoms with Gasteiger partial charge in [-0.1, -0.05) is 0 Å². The van der Waals surface area contributed by atoms with Crippen molar-refractivity contribution < 1.29 is 29.3 Å². The van der Waals surface area contributed by atoms with Gasteiger partial charge in [0.05, 0.1) is 25.2 Å². The van der Waals surface area contributed by atoms with Gasteiger partial charge in [-0.25, -0.2) is 0 Å². The third-order valence-electron chi connectivity index (χ3n) is 3.05. The summed E-state index contributed by atoms with van der Waals surface area (Å²) in [5.74, 6) is -1.52. The topological polar surface area (TPSA) is 96.4 Å². The number of carboxylic acids is 1. The predicted molar refractivity (Wildman–Crippen MR) is 66.6 cm³/mol. The maximum atomic E-state index is 11.2. The van der Waals surface area contributed by atoms with Crippen molar-refractivity contribution in [2.24, 2.45) is 5.92 Å². The zero-order chi connectivity index (χ0) is 14.1. The van der Waals surface area contributed by atoms with Crippen molar-refractivity contribution in [1.82, 2.24) is 0 Å². The summed E-state index contributed by atoms with van der Waals surface area (Å²) in [6.07, 6.45) is 3.21. The fraction of sp³-hybridized carbons (Fsp3) is 0.846. The third-order valence-corrected chi connectivity index (χ3v) is 3.05. The molecule has 0 aliphatic carbocycles. The van der Waals surface area contributed by atoms with Crippen LogP contribution in [-0.4, -0.2) is 48.1 Å². The van der Waals surface area contributed by atoms with Gasteiger partial charge in [-0.15, -0.1) is 0 Å². The second-order valence-corrected chi connectivity index (χ2v) is 4.77. The molecule has 19 heavy (non-hydrogen) atoms. The predicted octanol–water partition coefficient (Wildman–Crippen LogP) is 0.962. The molecule has 2 atom stereocenters. The molecule has 0 spiro atoms. The van der Waals surface area contributed by atoms with Crippen LogP contribution in [0.5, 0.6) is 0 Å². The summed E-state index contributed by atoms with van der Waals surface area (Å²) in [5.41, 5.74) is 0. The molecule has 1 rings (SSSR count). The molecular weight excluding hydrogens is 252 g/mol. The molecule has 0 aromatic carbocycles. The van der Waals surface area contributed by atoms with E-state index >= 15 is 0 Å². The second kappa shape index (κ2) is 8.87. The van der Waals surface area contributed by atoms with Crippen LogP contribution in [0, 0.1) is 5.92 Å². The van der Waals surface area contributed by atoms with E-state index in [1.165, 1.54) is 0 Å². The van der Waals surface area contributed by atoms with Gasteiger partial charge in [0.1, 0.15) is 0 Å². The molecule has 1 aliphatic rings. The van der Waals surface area contributed by atoms with Crippen molar-refractivity contribution in [2.45, 2.75) is 44.6 Å². The van der Waals surface area contributed by atoms with Gasteiger partial charge < -0.3 is 19.7 Å². The van der Waals surface area contributed by atoms with Crippen LogP contribution >= 0.6 is 0 Å². The van der Waals surface area contributed by atoms with Crippen molar-refractivity contribution in [3.63, 3.8) is 0 Å². The van der Waals surface area contributed by atoms with Gasteiger partial charge in [0.2, 0.25) is 0 Å². The summed E-state index contributed by atoms with van der Waals surface area (Å²) in [4.78, 5) is 22.2. The number of hydrogen-bond acceptors (Lipinski definition) is 5. The van der Waals surface area contributed by atoms with Crippen molar-refractivity contribution >= 4 is 11.9 Å². The number of carboxylic acid groups (broad SMARTS) is 1. The summed E-state index contributed by atoms with van der Waals surface area (Å²) >= 11 is 0. The fourth-order valence-corrected chi connectivity index (χ4v) is 1.83. The van der Waals surface area contributed by atoms with Gasteiger partial charge in [0.25, 0.3) is 0 Å². The van der Waals surface area contributed by atoms with Crippen molar-refractivity contribution in [3.8, 4) is 0 Å². The normalized spacial score (nSPS) is 18.9. The number of esters is 1. The molecule has 110 valence electrons. The Kier molecular flexibility index (Phi) is 7.43. The Balaban J connectivity index is 2.04. The third kappa shape index (κ3) is 7.79. The second-order valence-electron chi connectivity index (χ2n) is 4.77. The summed E-state index contributed by atoms with van der Waals surface area (Å²) in [6, 6.07) is 0. The average Bonchev–Trinajstić information content (AvgIpc) is 3.17. The monoisotopic (exact) mass is 274 g/mol. The molecular formula is C13H22O6. The molecule has 6 nitrogen and oxygen atoms in total. The van der Waals surface area contributed by atoms with E-state index in [9.17, 15) is 9.59 Å². The van der Waals surface area contributed by atoms with E-state index in [1.54, 1.807) is 0 Å². The van der Waals surface area contributed by atoms with Gasteiger partial charge in [-0.3, -0.25) is 9.59 Å². The van der Waals surface area contributed by atoms with Crippen molar-refractivity contribution in [3.05, 3.63) is 0 Å². The summed E-state index contributed by atoms with van der Waals surface area (Å²) in [7, 11) is 0. The minimum Gasteiger partial charge on any atom is -0.481 e. The maximum absolute atomic E-state index is 11.2. The summed E-state index contributed by atoms with van der Waals surface area (Å²) in [6.45, 7) is 0.994. The number of rotatable bonds is 11. The molecule has 0 saturated carbocycles. The quantitative estimate of drug-likeness (QED) is 0.331. The van der Waals surface area contributed by atoms with E-state index in [4.69, 9.17) is 19.7 Å².